The molecule has 0 aromatic rings. The molecular weight excluding hydrogens is 88.1 g/mol. The van der Waals surface area contributed by atoms with Crippen molar-refractivity contribution in [1.29, 1.82) is 0 Å². The van der Waals surface area contributed by atoms with Crippen molar-refractivity contribution in [3.8, 4) is 0 Å². The van der Waals surface area contributed by atoms with Gasteiger partial charge in [-0.05, 0) is 14.1 Å². The fourth-order valence-corrected chi connectivity index (χ4v) is 0.303. The zero-order chi connectivity index (χ0) is 5.70. The Bertz CT molecular complexity index is 50.0. The number of hydrogen-bond acceptors (Lipinski definition) is 1. The minimum Gasteiger partial charge on any atom is -0.303 e. The Balaban J connectivity index is 2.81. The van der Waals surface area contributed by atoms with Crippen molar-refractivity contribution in [3.63, 3.8) is 0 Å². The van der Waals surface area contributed by atoms with Crippen molar-refractivity contribution >= 4 is 6.72 Å². The summed E-state index contributed by atoms with van der Waals surface area (Å²) < 4.78 is 0. The van der Waals surface area contributed by atoms with Crippen LogP contribution in [0.5, 0.6) is 0 Å². The lowest BCUT2D eigenvalue weighted by Crippen LogP contribution is -2.68. The second kappa shape index (κ2) is 3.81. The van der Waals surface area contributed by atoms with E-state index >= 15 is 0 Å². The lowest BCUT2D eigenvalue weighted by molar-refractivity contribution is -0.447. The van der Waals surface area contributed by atoms with Gasteiger partial charge in [0, 0.05) is 0 Å². The van der Waals surface area contributed by atoms with Crippen LogP contribution in [0.15, 0.2) is 0 Å². The molecule has 0 aliphatic rings. The first-order valence-electron chi connectivity index (χ1n) is 2.42. The van der Waals surface area contributed by atoms with E-state index in [-0.39, 0.29) is 0 Å². The third-order valence-corrected chi connectivity index (χ3v) is 0.736. The molecule has 0 spiro atoms. The molecule has 0 rings (SSSR count). The molecule has 0 saturated carbocycles. The fraction of sp³-hybridized carbons (Fsp3) is 0.800. The molecule has 0 atom stereocenters. The second-order valence-electron chi connectivity index (χ2n) is 1.80. The van der Waals surface area contributed by atoms with Crippen LogP contribution in [0.2, 0.25) is 0 Å². The topological polar surface area (TPSA) is 17.2 Å². The molecule has 2 heteroatoms. The molecule has 0 heterocycles. The minimum absolute atomic E-state index is 0.965. The van der Waals surface area contributed by atoms with Crippen LogP contribution >= 0.6 is 0 Å². The summed E-state index contributed by atoms with van der Waals surface area (Å²) in [5.74, 6) is 0. The molecule has 1 N–H and O–H groups in total. The van der Waals surface area contributed by atoms with Crippen molar-refractivity contribution < 1.29 is 4.99 Å². The Morgan fingerprint density at radius 3 is 2.29 bits per heavy atom. The van der Waals surface area contributed by atoms with E-state index in [1.807, 2.05) is 14.1 Å². The van der Waals surface area contributed by atoms with E-state index in [1.54, 1.807) is 0 Å². The van der Waals surface area contributed by atoms with Crippen LogP contribution in [0.1, 0.15) is 0 Å². The Morgan fingerprint density at radius 1 is 1.57 bits per heavy atom. The predicted molar refractivity (Wildman–Crippen MR) is 31.5 cm³/mol. The van der Waals surface area contributed by atoms with Gasteiger partial charge in [0.25, 0.3) is 0 Å². The lowest BCUT2D eigenvalue weighted by Gasteiger charge is -2.01. The first kappa shape index (κ1) is 6.63. The first-order valence-corrected chi connectivity index (χ1v) is 2.42. The molecule has 0 aromatic heterocycles. The van der Waals surface area contributed by atoms with Crippen molar-refractivity contribution in [2.45, 2.75) is 0 Å². The smallest absolute Gasteiger partial charge is 0.152 e. The molecule has 0 fully saturated rings. The van der Waals surface area contributed by atoms with Crippen molar-refractivity contribution in [2.75, 3.05) is 27.2 Å². The summed E-state index contributed by atoms with van der Waals surface area (Å²) in [6.45, 7) is 5.51. The molecule has 0 unspecified atom stereocenters. The molecular formula is C5H13N2+. The number of nitrogens with one attached hydrogen (secondary N) is 1. The van der Waals surface area contributed by atoms with Gasteiger partial charge >= 0.3 is 0 Å². The van der Waals surface area contributed by atoms with Crippen LogP contribution in [0.3, 0.4) is 0 Å². The molecule has 7 heavy (non-hydrogen) atoms. The average molecular weight is 101 g/mol. The number of rotatable bonds is 3. The highest BCUT2D eigenvalue weighted by Crippen LogP contribution is 1.63. The average Bonchev–Trinajstić information content (AvgIpc) is 1.61. The van der Waals surface area contributed by atoms with Gasteiger partial charge in [0.05, 0.1) is 6.54 Å². The lowest BCUT2D eigenvalue weighted by atomic mass is 10.6. The molecule has 0 amide bonds. The van der Waals surface area contributed by atoms with E-state index in [0.717, 1.165) is 13.1 Å². The summed E-state index contributed by atoms with van der Waals surface area (Å²) in [4.78, 5) is 4.92. The summed E-state index contributed by atoms with van der Waals surface area (Å²) >= 11 is 0. The van der Waals surface area contributed by atoms with E-state index in [2.05, 4.69) is 16.6 Å². The van der Waals surface area contributed by atoms with Gasteiger partial charge in [-0.15, -0.1) is 0 Å². The zero-order valence-corrected chi connectivity index (χ0v) is 5.07. The van der Waals surface area contributed by atoms with Crippen LogP contribution in [-0.2, 0) is 0 Å². The predicted octanol–water partition coefficient (Wildman–Crippen LogP) is -1.67. The Labute approximate surface area is 44.9 Å². The molecule has 0 aliphatic carbocycles. The van der Waals surface area contributed by atoms with Crippen LogP contribution < -0.4 is 4.99 Å². The summed E-state index contributed by atoms with van der Waals surface area (Å²) in [5, 5.41) is 0. The van der Waals surface area contributed by atoms with E-state index in [0.29, 0.717) is 0 Å². The van der Waals surface area contributed by atoms with Gasteiger partial charge in [0.1, 0.15) is 6.72 Å². The minimum atomic E-state index is 0.965. The van der Waals surface area contributed by atoms with Gasteiger partial charge in [-0.2, -0.15) is 0 Å². The standard InChI is InChI=1S/C5H12N2/c1-6-4-5-7(2)3/h1,4-5H2,2-3H3/p+1. The third-order valence-electron chi connectivity index (χ3n) is 0.736. The maximum absolute atomic E-state index is 3.48. The summed E-state index contributed by atoms with van der Waals surface area (Å²) in [7, 11) is 4.08. The van der Waals surface area contributed by atoms with Crippen LogP contribution in [-0.4, -0.2) is 38.8 Å². The number of nitrogens with zero attached hydrogens (tertiary/aromatic N) is 1. The van der Waals surface area contributed by atoms with Crippen LogP contribution in [0.25, 0.3) is 0 Å². The molecule has 0 aliphatic heterocycles. The highest BCUT2D eigenvalue weighted by atomic mass is 15.1. The normalized spacial score (nSPS) is 9.57. The molecule has 0 saturated heterocycles. The third kappa shape index (κ3) is 5.63. The van der Waals surface area contributed by atoms with Crippen molar-refractivity contribution in [2.24, 2.45) is 0 Å². The van der Waals surface area contributed by atoms with Gasteiger partial charge in [0.15, 0.2) is 6.54 Å². The van der Waals surface area contributed by atoms with E-state index in [9.17, 15) is 0 Å². The van der Waals surface area contributed by atoms with Crippen molar-refractivity contribution in [3.05, 3.63) is 0 Å². The number of likely N-dealkylation sites (N-methyl/N-ethyl adjacent to an activating group) is 1. The van der Waals surface area contributed by atoms with Crippen molar-refractivity contribution in [1.82, 2.24) is 4.90 Å². The van der Waals surface area contributed by atoms with E-state index in [4.69, 9.17) is 0 Å². The van der Waals surface area contributed by atoms with Gasteiger partial charge in [0.2, 0.25) is 0 Å². The highest BCUT2D eigenvalue weighted by molar-refractivity contribution is 5.12. The fourth-order valence-electron chi connectivity index (χ4n) is 0.303. The molecule has 42 valence electrons. The van der Waals surface area contributed by atoms with Gasteiger partial charge < -0.3 is 4.90 Å². The zero-order valence-electron chi connectivity index (χ0n) is 5.07. The summed E-state index contributed by atoms with van der Waals surface area (Å²) in [6, 6.07) is 0. The molecule has 0 bridgehead atoms. The summed E-state index contributed by atoms with van der Waals surface area (Å²) in [5.41, 5.74) is 0. The largest absolute Gasteiger partial charge is 0.303 e. The van der Waals surface area contributed by atoms with E-state index in [1.165, 1.54) is 0 Å². The van der Waals surface area contributed by atoms with Gasteiger partial charge in [-0.1, -0.05) is 0 Å². The first-order chi connectivity index (χ1) is 3.27. The Kier molecular flexibility index (Phi) is 3.61. The quantitative estimate of drug-likeness (QED) is 0.421. The maximum atomic E-state index is 3.48. The Hall–Kier alpha value is -0.370. The summed E-state index contributed by atoms with van der Waals surface area (Å²) in [6.07, 6.45) is 0. The van der Waals surface area contributed by atoms with Crippen LogP contribution in [0.4, 0.5) is 0 Å². The SMILES string of the molecule is C=[NH+]CCN(C)C. The highest BCUT2D eigenvalue weighted by Gasteiger charge is 1.85. The Morgan fingerprint density at radius 2 is 2.14 bits per heavy atom. The molecule has 0 radical (unpaired) electrons. The van der Waals surface area contributed by atoms with Crippen LogP contribution in [0, 0.1) is 0 Å². The van der Waals surface area contributed by atoms with Gasteiger partial charge in [-0.3, -0.25) is 4.99 Å². The molecule has 0 aromatic carbocycles. The monoisotopic (exact) mass is 101 g/mol. The second-order valence-corrected chi connectivity index (χ2v) is 1.80. The molecule has 2 nitrogen and oxygen atoms in total. The van der Waals surface area contributed by atoms with Gasteiger partial charge in [-0.25, -0.2) is 0 Å². The number of hydrogen-bond donors (Lipinski definition) is 1. The maximum Gasteiger partial charge on any atom is 0.152 e. The van der Waals surface area contributed by atoms with E-state index < -0.39 is 0 Å².